The molecule has 34 heavy (non-hydrogen) atoms. The lowest BCUT2D eigenvalue weighted by molar-refractivity contribution is -0.119. The minimum Gasteiger partial charge on any atom is -0.324 e. The summed E-state index contributed by atoms with van der Waals surface area (Å²) in [5, 5.41) is 5.06. The lowest BCUT2D eigenvalue weighted by Crippen LogP contribution is -2.36. The maximum Gasteiger partial charge on any atom is 0.238 e. The van der Waals surface area contributed by atoms with Crippen molar-refractivity contribution >= 4 is 40.6 Å². The van der Waals surface area contributed by atoms with Crippen molar-refractivity contribution in [1.82, 2.24) is 4.90 Å². The topological polar surface area (TPSA) is 78.5 Å². The molecule has 0 spiro atoms. The molecule has 2 N–H and O–H groups in total. The quantitative estimate of drug-likeness (QED) is 0.361. The fourth-order valence-electron chi connectivity index (χ4n) is 3.11. The predicted molar refractivity (Wildman–Crippen MR) is 122 cm³/mol. The number of carbonyl (C=O) groups excluding carboxylic acids is 3. The van der Waals surface area contributed by atoms with Gasteiger partial charge in [-0.15, -0.1) is 0 Å². The standard InChI is InChI=1S/C24H19ClF3N3O3/c1-31(13-21(33)30-19-10-8-17(26)22(27)23(19)28)12-20(32)29-18-9-7-15(25)11-16(18)24(34)14-5-3-2-4-6-14/h2-11H,12-13H2,1H3,(H,29,32)(H,30,33). The van der Waals surface area contributed by atoms with E-state index >= 15 is 0 Å². The van der Waals surface area contributed by atoms with Gasteiger partial charge in [-0.3, -0.25) is 19.3 Å². The van der Waals surface area contributed by atoms with Gasteiger partial charge in [-0.1, -0.05) is 41.9 Å². The lowest BCUT2D eigenvalue weighted by atomic mass is 10.0. The van der Waals surface area contributed by atoms with Crippen molar-refractivity contribution in [3.63, 3.8) is 0 Å². The first-order chi connectivity index (χ1) is 16.2. The van der Waals surface area contributed by atoms with Gasteiger partial charge in [0.25, 0.3) is 0 Å². The number of hydrogen-bond acceptors (Lipinski definition) is 4. The summed E-state index contributed by atoms with van der Waals surface area (Å²) in [6, 6.07) is 14.5. The van der Waals surface area contributed by atoms with Crippen LogP contribution >= 0.6 is 11.6 Å². The van der Waals surface area contributed by atoms with E-state index in [1.807, 2.05) is 0 Å². The van der Waals surface area contributed by atoms with E-state index in [0.717, 1.165) is 6.07 Å². The van der Waals surface area contributed by atoms with Gasteiger partial charge in [-0.25, -0.2) is 13.2 Å². The molecular weight excluding hydrogens is 471 g/mol. The zero-order valence-corrected chi connectivity index (χ0v) is 18.6. The Bertz CT molecular complexity index is 1240. The molecule has 0 unspecified atom stereocenters. The number of rotatable bonds is 8. The number of halogens is 4. The molecule has 0 heterocycles. The second kappa shape index (κ2) is 11.0. The molecule has 3 rings (SSSR count). The van der Waals surface area contributed by atoms with Crippen LogP contribution in [-0.2, 0) is 9.59 Å². The number of ketones is 1. The second-order valence-corrected chi connectivity index (χ2v) is 7.81. The molecule has 10 heteroatoms. The summed E-state index contributed by atoms with van der Waals surface area (Å²) >= 11 is 6.03. The molecule has 0 radical (unpaired) electrons. The number of hydrogen-bond donors (Lipinski definition) is 2. The Labute approximate surface area is 198 Å². The van der Waals surface area contributed by atoms with Gasteiger partial charge in [0.05, 0.1) is 24.5 Å². The summed E-state index contributed by atoms with van der Waals surface area (Å²) in [6.45, 7) is -0.600. The summed E-state index contributed by atoms with van der Waals surface area (Å²) in [7, 11) is 1.46. The molecule has 0 fully saturated rings. The summed E-state index contributed by atoms with van der Waals surface area (Å²) in [5.41, 5.74) is 0.330. The molecule has 2 amide bonds. The molecule has 0 saturated heterocycles. The smallest absolute Gasteiger partial charge is 0.238 e. The van der Waals surface area contributed by atoms with Crippen LogP contribution in [0.1, 0.15) is 15.9 Å². The second-order valence-electron chi connectivity index (χ2n) is 7.38. The zero-order chi connectivity index (χ0) is 24.8. The van der Waals surface area contributed by atoms with E-state index in [-0.39, 0.29) is 30.1 Å². The fraction of sp³-hybridized carbons (Fsp3) is 0.125. The van der Waals surface area contributed by atoms with Crippen molar-refractivity contribution < 1.29 is 27.6 Å². The van der Waals surface area contributed by atoms with Gasteiger partial charge in [0.1, 0.15) is 0 Å². The number of amides is 2. The third-order valence-corrected chi connectivity index (χ3v) is 4.91. The van der Waals surface area contributed by atoms with E-state index < -0.39 is 35.0 Å². The third-order valence-electron chi connectivity index (χ3n) is 4.67. The monoisotopic (exact) mass is 489 g/mol. The number of nitrogens with zero attached hydrogens (tertiary/aromatic N) is 1. The molecule has 0 aromatic heterocycles. The van der Waals surface area contributed by atoms with E-state index in [9.17, 15) is 27.6 Å². The largest absolute Gasteiger partial charge is 0.324 e. The predicted octanol–water partition coefficient (Wildman–Crippen LogP) is 4.50. The molecule has 6 nitrogen and oxygen atoms in total. The molecule has 0 atom stereocenters. The Balaban J connectivity index is 1.63. The Morgan fingerprint density at radius 2 is 1.41 bits per heavy atom. The van der Waals surface area contributed by atoms with Crippen molar-refractivity contribution in [2.45, 2.75) is 0 Å². The van der Waals surface area contributed by atoms with Crippen LogP contribution in [0.3, 0.4) is 0 Å². The maximum atomic E-state index is 13.7. The highest BCUT2D eigenvalue weighted by Gasteiger charge is 2.19. The van der Waals surface area contributed by atoms with Gasteiger partial charge in [0.2, 0.25) is 11.8 Å². The number of anilines is 2. The minimum absolute atomic E-state index is 0.196. The van der Waals surface area contributed by atoms with Crippen molar-refractivity contribution in [1.29, 1.82) is 0 Å². The SMILES string of the molecule is CN(CC(=O)Nc1ccc(Cl)cc1C(=O)c1ccccc1)CC(=O)Nc1ccc(F)c(F)c1F. The highest BCUT2D eigenvalue weighted by atomic mass is 35.5. The third kappa shape index (κ3) is 6.21. The van der Waals surface area contributed by atoms with E-state index in [1.54, 1.807) is 30.3 Å². The van der Waals surface area contributed by atoms with E-state index in [1.165, 1.54) is 30.1 Å². The first-order valence-corrected chi connectivity index (χ1v) is 10.3. The molecule has 3 aromatic rings. The van der Waals surface area contributed by atoms with Gasteiger partial charge in [-0.2, -0.15) is 0 Å². The van der Waals surface area contributed by atoms with Gasteiger partial charge in [0.15, 0.2) is 23.2 Å². The normalized spacial score (nSPS) is 10.8. The van der Waals surface area contributed by atoms with Crippen LogP contribution in [0.5, 0.6) is 0 Å². The van der Waals surface area contributed by atoms with E-state index in [2.05, 4.69) is 10.6 Å². The molecular formula is C24H19ClF3N3O3. The number of benzene rings is 3. The minimum atomic E-state index is -1.70. The van der Waals surface area contributed by atoms with Crippen LogP contribution in [0.15, 0.2) is 60.7 Å². The van der Waals surface area contributed by atoms with Crippen LogP contribution < -0.4 is 10.6 Å². The van der Waals surface area contributed by atoms with E-state index in [0.29, 0.717) is 16.7 Å². The van der Waals surface area contributed by atoms with Crippen molar-refractivity contribution in [3.05, 3.63) is 94.3 Å². The average Bonchev–Trinajstić information content (AvgIpc) is 2.80. The molecule has 0 bridgehead atoms. The molecule has 0 aliphatic heterocycles. The van der Waals surface area contributed by atoms with Crippen LogP contribution in [0.25, 0.3) is 0 Å². The fourth-order valence-corrected chi connectivity index (χ4v) is 3.28. The van der Waals surface area contributed by atoms with Crippen LogP contribution in [0, 0.1) is 17.5 Å². The highest BCUT2D eigenvalue weighted by Crippen LogP contribution is 2.24. The summed E-state index contributed by atoms with van der Waals surface area (Å²) < 4.78 is 40.0. The summed E-state index contributed by atoms with van der Waals surface area (Å²) in [4.78, 5) is 38.8. The number of likely N-dealkylation sites (N-methyl/N-ethyl adjacent to an activating group) is 1. The van der Waals surface area contributed by atoms with Crippen molar-refractivity contribution in [3.8, 4) is 0 Å². The zero-order valence-electron chi connectivity index (χ0n) is 17.9. The van der Waals surface area contributed by atoms with Gasteiger partial charge in [0, 0.05) is 16.1 Å². The molecule has 176 valence electrons. The number of carbonyl (C=O) groups is 3. The van der Waals surface area contributed by atoms with Gasteiger partial charge in [-0.05, 0) is 37.4 Å². The van der Waals surface area contributed by atoms with Crippen molar-refractivity contribution in [2.24, 2.45) is 0 Å². The first kappa shape index (κ1) is 24.9. The maximum absolute atomic E-state index is 13.7. The average molecular weight is 490 g/mol. The van der Waals surface area contributed by atoms with E-state index in [4.69, 9.17) is 11.6 Å². The Morgan fingerprint density at radius 3 is 2.06 bits per heavy atom. The summed E-state index contributed by atoms with van der Waals surface area (Å²) in [6.07, 6.45) is 0. The molecule has 0 saturated carbocycles. The van der Waals surface area contributed by atoms with Crippen LogP contribution in [0.4, 0.5) is 24.5 Å². The van der Waals surface area contributed by atoms with Crippen molar-refractivity contribution in [2.75, 3.05) is 30.8 Å². The Kier molecular flexibility index (Phi) is 8.04. The molecule has 0 aliphatic carbocycles. The van der Waals surface area contributed by atoms with Gasteiger partial charge >= 0.3 is 0 Å². The van der Waals surface area contributed by atoms with Gasteiger partial charge < -0.3 is 10.6 Å². The Hall–Kier alpha value is -3.69. The lowest BCUT2D eigenvalue weighted by Gasteiger charge is -2.17. The molecule has 3 aromatic carbocycles. The Morgan fingerprint density at radius 1 is 0.824 bits per heavy atom. The molecule has 0 aliphatic rings. The summed E-state index contributed by atoms with van der Waals surface area (Å²) in [5.74, 6) is -6.21. The highest BCUT2D eigenvalue weighted by molar-refractivity contribution is 6.31. The number of nitrogens with one attached hydrogen (secondary N) is 2. The first-order valence-electron chi connectivity index (χ1n) is 9.96. The van der Waals surface area contributed by atoms with Crippen LogP contribution in [0.2, 0.25) is 5.02 Å². The van der Waals surface area contributed by atoms with Crippen LogP contribution in [-0.4, -0.2) is 42.6 Å².